The second-order valence-corrected chi connectivity index (χ2v) is 8.35. The monoisotopic (exact) mass is 457 g/mol. The van der Waals surface area contributed by atoms with Crippen LogP contribution in [0.15, 0.2) is 53.8 Å². The average Bonchev–Trinajstić information content (AvgIpc) is 3.17. The maximum Gasteiger partial charge on any atom is 0.162 e. The van der Waals surface area contributed by atoms with E-state index in [1.54, 1.807) is 14.2 Å². The van der Waals surface area contributed by atoms with Gasteiger partial charge in [-0.15, -0.1) is 0 Å². The molecule has 2 heterocycles. The van der Waals surface area contributed by atoms with Crippen LogP contribution in [-0.4, -0.2) is 61.0 Å². The lowest BCUT2D eigenvalue weighted by atomic mass is 10.1. The normalized spacial score (nSPS) is 14.1. The number of aryl methyl sites for hydroxylation is 2. The van der Waals surface area contributed by atoms with Gasteiger partial charge in [0, 0.05) is 60.6 Å². The molecule has 1 aliphatic rings. The van der Waals surface area contributed by atoms with Crippen molar-refractivity contribution in [1.82, 2.24) is 14.8 Å². The fraction of sp³-hybridized carbons (Fsp3) is 0.296. The third kappa shape index (κ3) is 4.53. The topological polar surface area (TPSA) is 65.1 Å². The lowest BCUT2D eigenvalue weighted by molar-refractivity contribution is 0.225. The summed E-state index contributed by atoms with van der Waals surface area (Å²) in [6, 6.07) is 14.7. The molecule has 0 bridgehead atoms. The number of hydrogen-bond acceptors (Lipinski definition) is 5. The molecule has 4 rings (SSSR count). The highest BCUT2D eigenvalue weighted by molar-refractivity contribution is 6.11. The summed E-state index contributed by atoms with van der Waals surface area (Å²) in [6.07, 6.45) is 5.66. The van der Waals surface area contributed by atoms with Gasteiger partial charge in [-0.2, -0.15) is 4.99 Å². The summed E-state index contributed by atoms with van der Waals surface area (Å²) in [4.78, 5) is 12.4. The Morgan fingerprint density at radius 1 is 1.03 bits per heavy atom. The molecule has 0 aliphatic carbocycles. The molecule has 2 N–H and O–H groups in total. The largest absolute Gasteiger partial charge is 0.493 e. The lowest BCUT2D eigenvalue weighted by Gasteiger charge is -2.38. The van der Waals surface area contributed by atoms with E-state index in [0.29, 0.717) is 11.5 Å². The number of aliphatic imine (C=N–C) groups is 1. The summed E-state index contributed by atoms with van der Waals surface area (Å²) in [5, 5.41) is 4.41. The maximum atomic E-state index is 5.66. The molecule has 0 amide bonds. The number of benzene rings is 2. The number of hydrogen-bond donors (Lipinski definition) is 2. The molecule has 0 atom stereocenters. The van der Waals surface area contributed by atoms with Crippen molar-refractivity contribution in [2.24, 2.45) is 4.99 Å². The van der Waals surface area contributed by atoms with Gasteiger partial charge in [-0.3, -0.25) is 0 Å². The van der Waals surface area contributed by atoms with Crippen LogP contribution in [-0.2, 0) is 0 Å². The van der Waals surface area contributed by atoms with Crippen LogP contribution < -0.4 is 14.8 Å². The molecule has 3 aromatic rings. The SMILES string of the molecule is C#CN=C(c1c(C)[nH]c2cc(OC)c(OC)cc12)N1CCN(C(=C)Nc2ccc(C)cc2)CC1. The lowest BCUT2D eigenvalue weighted by Crippen LogP contribution is -2.49. The first-order valence-electron chi connectivity index (χ1n) is 11.3. The molecule has 1 aromatic heterocycles. The minimum atomic E-state index is 0.665. The van der Waals surface area contributed by atoms with Crippen LogP contribution >= 0.6 is 0 Å². The van der Waals surface area contributed by atoms with Gasteiger partial charge in [0.2, 0.25) is 0 Å². The molecule has 176 valence electrons. The summed E-state index contributed by atoms with van der Waals surface area (Å²) < 4.78 is 11.0. The molecule has 34 heavy (non-hydrogen) atoms. The maximum absolute atomic E-state index is 5.66. The smallest absolute Gasteiger partial charge is 0.162 e. The highest BCUT2D eigenvalue weighted by Gasteiger charge is 2.25. The van der Waals surface area contributed by atoms with Crippen LogP contribution in [0.4, 0.5) is 5.69 Å². The number of nitrogens with one attached hydrogen (secondary N) is 2. The van der Waals surface area contributed by atoms with Crippen molar-refractivity contribution in [3.8, 4) is 24.0 Å². The van der Waals surface area contributed by atoms with E-state index in [0.717, 1.165) is 65.7 Å². The number of H-pyrrole nitrogens is 1. The predicted octanol–water partition coefficient (Wildman–Crippen LogP) is 4.34. The van der Waals surface area contributed by atoms with Crippen molar-refractivity contribution >= 4 is 22.4 Å². The second kappa shape index (κ2) is 9.84. The Kier molecular flexibility index (Phi) is 6.69. The highest BCUT2D eigenvalue weighted by Crippen LogP contribution is 2.35. The van der Waals surface area contributed by atoms with E-state index in [1.807, 2.05) is 19.1 Å². The number of terminal acetylenes is 1. The van der Waals surface area contributed by atoms with E-state index in [-0.39, 0.29) is 0 Å². The average molecular weight is 458 g/mol. The fourth-order valence-corrected chi connectivity index (χ4v) is 4.36. The zero-order valence-corrected chi connectivity index (χ0v) is 20.2. The van der Waals surface area contributed by atoms with Gasteiger partial charge >= 0.3 is 0 Å². The fourth-order valence-electron chi connectivity index (χ4n) is 4.36. The van der Waals surface area contributed by atoms with Gasteiger partial charge in [-0.05, 0) is 32.0 Å². The number of piperazine rings is 1. The predicted molar refractivity (Wildman–Crippen MR) is 139 cm³/mol. The van der Waals surface area contributed by atoms with Crippen LogP contribution in [0.1, 0.15) is 16.8 Å². The van der Waals surface area contributed by atoms with E-state index in [9.17, 15) is 0 Å². The van der Waals surface area contributed by atoms with Gasteiger partial charge < -0.3 is 29.6 Å². The van der Waals surface area contributed by atoms with Crippen molar-refractivity contribution in [3.05, 3.63) is 65.6 Å². The Labute approximate surface area is 201 Å². The zero-order valence-electron chi connectivity index (χ0n) is 20.2. The second-order valence-electron chi connectivity index (χ2n) is 8.35. The molecule has 0 radical (unpaired) electrons. The molecule has 0 unspecified atom stereocenters. The van der Waals surface area contributed by atoms with Crippen LogP contribution in [0.5, 0.6) is 11.5 Å². The highest BCUT2D eigenvalue weighted by atomic mass is 16.5. The number of amidine groups is 1. The van der Waals surface area contributed by atoms with E-state index >= 15 is 0 Å². The van der Waals surface area contributed by atoms with E-state index in [1.165, 1.54) is 5.56 Å². The van der Waals surface area contributed by atoms with Gasteiger partial charge in [-0.25, -0.2) is 0 Å². The minimum Gasteiger partial charge on any atom is -0.493 e. The van der Waals surface area contributed by atoms with Crippen LogP contribution in [0.25, 0.3) is 10.9 Å². The van der Waals surface area contributed by atoms with E-state index in [4.69, 9.17) is 15.9 Å². The molecule has 1 fully saturated rings. The summed E-state index contributed by atoms with van der Waals surface area (Å²) in [5.74, 6) is 3.01. The summed E-state index contributed by atoms with van der Waals surface area (Å²) >= 11 is 0. The Hall–Kier alpha value is -4.05. The first-order chi connectivity index (χ1) is 16.4. The number of nitrogens with zero attached hydrogens (tertiary/aromatic N) is 3. The first-order valence-corrected chi connectivity index (χ1v) is 11.3. The number of fused-ring (bicyclic) bond motifs is 1. The molecule has 7 heteroatoms. The Balaban J connectivity index is 1.54. The van der Waals surface area contributed by atoms with Crippen molar-refractivity contribution in [2.75, 3.05) is 45.7 Å². The van der Waals surface area contributed by atoms with Crippen molar-refractivity contribution < 1.29 is 9.47 Å². The number of aromatic amines is 1. The van der Waals surface area contributed by atoms with Gasteiger partial charge in [0.1, 0.15) is 5.84 Å². The number of rotatable bonds is 6. The van der Waals surface area contributed by atoms with Gasteiger partial charge in [0.05, 0.1) is 25.6 Å². The van der Waals surface area contributed by atoms with E-state index < -0.39 is 0 Å². The minimum absolute atomic E-state index is 0.665. The zero-order chi connectivity index (χ0) is 24.2. The van der Waals surface area contributed by atoms with Crippen LogP contribution in [0.2, 0.25) is 0 Å². The Bertz CT molecular complexity index is 1260. The van der Waals surface area contributed by atoms with Gasteiger partial charge in [0.15, 0.2) is 11.5 Å². The van der Waals surface area contributed by atoms with E-state index in [2.05, 4.69) is 68.9 Å². The van der Waals surface area contributed by atoms with Gasteiger partial charge in [0.25, 0.3) is 0 Å². The molecule has 1 saturated heterocycles. The third-order valence-electron chi connectivity index (χ3n) is 6.19. The standard InChI is InChI=1S/C27H31N5O2/c1-7-28-27(26-19(3)29-23-17-25(34-6)24(33-5)16-22(23)26)32-14-12-31(13-15-32)20(4)30-21-10-8-18(2)9-11-21/h1,8-11,16-17,29-30H,4,12-15H2,2-3,5-6H3. The molecule has 0 spiro atoms. The van der Waals surface area contributed by atoms with Crippen LogP contribution in [0.3, 0.4) is 0 Å². The number of anilines is 1. The van der Waals surface area contributed by atoms with Crippen molar-refractivity contribution in [1.29, 1.82) is 0 Å². The molecular formula is C27H31N5O2. The molecule has 7 nitrogen and oxygen atoms in total. The first kappa shape index (κ1) is 23.1. The Morgan fingerprint density at radius 3 is 2.26 bits per heavy atom. The summed E-state index contributed by atoms with van der Waals surface area (Å²) in [7, 11) is 3.27. The van der Waals surface area contributed by atoms with Crippen molar-refractivity contribution in [3.63, 3.8) is 0 Å². The Morgan fingerprint density at radius 2 is 1.65 bits per heavy atom. The summed E-state index contributed by atoms with van der Waals surface area (Å²) in [5.41, 5.74) is 5.19. The number of aromatic nitrogens is 1. The molecule has 1 aliphatic heterocycles. The summed E-state index contributed by atoms with van der Waals surface area (Å²) in [6.45, 7) is 11.5. The quantitative estimate of drug-likeness (QED) is 0.328. The van der Waals surface area contributed by atoms with Gasteiger partial charge in [-0.1, -0.05) is 30.7 Å². The number of methoxy groups -OCH3 is 2. The molecule has 0 saturated carbocycles. The number of ether oxygens (including phenoxy) is 2. The third-order valence-corrected chi connectivity index (χ3v) is 6.19. The van der Waals surface area contributed by atoms with Crippen LogP contribution in [0, 0.1) is 26.3 Å². The molecule has 2 aromatic carbocycles. The molecular weight excluding hydrogens is 426 g/mol. The van der Waals surface area contributed by atoms with Crippen molar-refractivity contribution in [2.45, 2.75) is 13.8 Å².